The zero-order valence-electron chi connectivity index (χ0n) is 9.17. The van der Waals surface area contributed by atoms with Crippen molar-refractivity contribution in [2.45, 2.75) is 25.1 Å². The van der Waals surface area contributed by atoms with Crippen LogP contribution < -0.4 is 5.32 Å². The fourth-order valence-corrected chi connectivity index (χ4v) is 1.83. The Kier molecular flexibility index (Phi) is 3.47. The van der Waals surface area contributed by atoms with Gasteiger partial charge in [-0.25, -0.2) is 0 Å². The molecule has 2 rings (SSSR count). The van der Waals surface area contributed by atoms with Gasteiger partial charge in [-0.2, -0.15) is 13.2 Å². The number of nitrogens with one attached hydrogen (secondary N) is 1. The van der Waals surface area contributed by atoms with Crippen LogP contribution in [-0.4, -0.2) is 18.8 Å². The second-order valence-corrected chi connectivity index (χ2v) is 4.00. The van der Waals surface area contributed by atoms with Crippen LogP contribution in [0, 0.1) is 0 Å². The molecule has 1 aliphatic rings. The standard InChI is InChI=1S/C12H13F3N2/c13-12(14,15)10-5-1-2-6-11(10)17-8-9-4-3-7-16-9/h1-2,5-6,8-9,16H,3-4,7H2. The largest absolute Gasteiger partial charge is 0.418 e. The van der Waals surface area contributed by atoms with Gasteiger partial charge in [0, 0.05) is 12.3 Å². The van der Waals surface area contributed by atoms with Gasteiger partial charge in [-0.3, -0.25) is 4.99 Å². The molecule has 1 aromatic rings. The van der Waals surface area contributed by atoms with Crippen molar-refractivity contribution in [1.82, 2.24) is 5.32 Å². The molecule has 92 valence electrons. The Balaban J connectivity index is 2.20. The minimum atomic E-state index is -4.35. The Bertz CT molecular complexity index is 406. The van der Waals surface area contributed by atoms with E-state index in [1.54, 1.807) is 12.3 Å². The first kappa shape index (κ1) is 12.1. The van der Waals surface area contributed by atoms with Crippen molar-refractivity contribution in [3.8, 4) is 0 Å². The van der Waals surface area contributed by atoms with Gasteiger partial charge in [0.05, 0.1) is 11.3 Å². The molecule has 1 saturated heterocycles. The van der Waals surface area contributed by atoms with Crippen molar-refractivity contribution in [3.63, 3.8) is 0 Å². The van der Waals surface area contributed by atoms with E-state index in [4.69, 9.17) is 0 Å². The molecule has 1 atom stereocenters. The smallest absolute Gasteiger partial charge is 0.309 e. The first-order valence-electron chi connectivity index (χ1n) is 5.51. The minimum Gasteiger partial charge on any atom is -0.309 e. The summed E-state index contributed by atoms with van der Waals surface area (Å²) in [6, 6.07) is 5.46. The van der Waals surface area contributed by atoms with E-state index in [9.17, 15) is 13.2 Å². The van der Waals surface area contributed by atoms with E-state index in [2.05, 4.69) is 10.3 Å². The molecule has 1 fully saturated rings. The molecular weight excluding hydrogens is 229 g/mol. The van der Waals surface area contributed by atoms with Crippen molar-refractivity contribution in [3.05, 3.63) is 29.8 Å². The van der Waals surface area contributed by atoms with Gasteiger partial charge in [-0.15, -0.1) is 0 Å². The van der Waals surface area contributed by atoms with Crippen LogP contribution in [0.2, 0.25) is 0 Å². The zero-order valence-corrected chi connectivity index (χ0v) is 9.17. The number of halogens is 3. The van der Waals surface area contributed by atoms with Crippen molar-refractivity contribution in [1.29, 1.82) is 0 Å². The Morgan fingerprint density at radius 3 is 2.71 bits per heavy atom. The highest BCUT2D eigenvalue weighted by molar-refractivity contribution is 5.70. The van der Waals surface area contributed by atoms with E-state index in [0.717, 1.165) is 25.5 Å². The summed E-state index contributed by atoms with van der Waals surface area (Å²) in [6.07, 6.45) is -0.816. The van der Waals surface area contributed by atoms with Crippen LogP contribution in [0.5, 0.6) is 0 Å². The molecule has 0 aliphatic carbocycles. The average Bonchev–Trinajstić information content (AvgIpc) is 2.78. The van der Waals surface area contributed by atoms with Crippen molar-refractivity contribution in [2.75, 3.05) is 6.54 Å². The quantitative estimate of drug-likeness (QED) is 0.791. The van der Waals surface area contributed by atoms with Crippen molar-refractivity contribution < 1.29 is 13.2 Å². The average molecular weight is 242 g/mol. The number of nitrogens with zero attached hydrogens (tertiary/aromatic N) is 1. The first-order chi connectivity index (χ1) is 8.07. The van der Waals surface area contributed by atoms with Gasteiger partial charge >= 0.3 is 6.18 Å². The fourth-order valence-electron chi connectivity index (χ4n) is 1.83. The van der Waals surface area contributed by atoms with Crippen LogP contribution in [0.25, 0.3) is 0 Å². The van der Waals surface area contributed by atoms with Gasteiger partial charge in [0.2, 0.25) is 0 Å². The van der Waals surface area contributed by atoms with E-state index in [0.29, 0.717) is 0 Å². The Morgan fingerprint density at radius 2 is 2.06 bits per heavy atom. The van der Waals surface area contributed by atoms with E-state index >= 15 is 0 Å². The van der Waals surface area contributed by atoms with Crippen molar-refractivity contribution in [2.24, 2.45) is 4.99 Å². The molecule has 1 aliphatic heterocycles. The predicted molar refractivity (Wildman–Crippen MR) is 60.6 cm³/mol. The Labute approximate surface area is 97.6 Å². The maximum atomic E-state index is 12.7. The Hall–Kier alpha value is -1.36. The molecule has 17 heavy (non-hydrogen) atoms. The number of alkyl halides is 3. The molecule has 2 nitrogen and oxygen atoms in total. The molecule has 1 heterocycles. The van der Waals surface area contributed by atoms with Gasteiger partial charge in [0.25, 0.3) is 0 Å². The molecular formula is C12H13F3N2. The SMILES string of the molecule is FC(F)(F)c1ccccc1N=CC1CCCN1. The van der Waals surface area contributed by atoms with Gasteiger partial charge in [-0.1, -0.05) is 12.1 Å². The first-order valence-corrected chi connectivity index (χ1v) is 5.51. The summed E-state index contributed by atoms with van der Waals surface area (Å²) in [6.45, 7) is 0.900. The summed E-state index contributed by atoms with van der Waals surface area (Å²) in [4.78, 5) is 3.95. The number of hydrogen-bond acceptors (Lipinski definition) is 2. The van der Waals surface area contributed by atoms with Crippen LogP contribution >= 0.6 is 0 Å². The lowest BCUT2D eigenvalue weighted by Crippen LogP contribution is -2.22. The lowest BCUT2D eigenvalue weighted by atomic mass is 10.1. The lowest BCUT2D eigenvalue weighted by molar-refractivity contribution is -0.137. The summed E-state index contributed by atoms with van der Waals surface area (Å²) in [7, 11) is 0. The molecule has 1 unspecified atom stereocenters. The number of aliphatic imine (C=N–C) groups is 1. The van der Waals surface area contributed by atoms with Crippen molar-refractivity contribution >= 4 is 11.9 Å². The van der Waals surface area contributed by atoms with Crippen LogP contribution in [-0.2, 0) is 6.18 Å². The maximum absolute atomic E-state index is 12.7. The summed E-state index contributed by atoms with van der Waals surface area (Å²) in [5.41, 5.74) is -0.706. The highest BCUT2D eigenvalue weighted by Crippen LogP contribution is 2.35. The third-order valence-electron chi connectivity index (χ3n) is 2.70. The predicted octanol–water partition coefficient (Wildman–Crippen LogP) is 3.16. The third-order valence-corrected chi connectivity index (χ3v) is 2.70. The second kappa shape index (κ2) is 4.87. The molecule has 1 aromatic carbocycles. The maximum Gasteiger partial charge on any atom is 0.418 e. The molecule has 5 heteroatoms. The van der Waals surface area contributed by atoms with Gasteiger partial charge in [0.15, 0.2) is 0 Å². The highest BCUT2D eigenvalue weighted by Gasteiger charge is 2.33. The number of benzene rings is 1. The van der Waals surface area contributed by atoms with Crippen LogP contribution in [0.15, 0.2) is 29.3 Å². The zero-order chi connectivity index (χ0) is 12.3. The monoisotopic (exact) mass is 242 g/mol. The normalized spacial score (nSPS) is 21.2. The molecule has 0 saturated carbocycles. The van der Waals surface area contributed by atoms with E-state index < -0.39 is 11.7 Å². The summed E-state index contributed by atoms with van der Waals surface area (Å²) < 4.78 is 38.0. The summed E-state index contributed by atoms with van der Waals surface area (Å²) in [5, 5.41) is 3.15. The molecule has 0 bridgehead atoms. The molecule has 0 amide bonds. The molecule has 0 spiro atoms. The molecule has 0 radical (unpaired) electrons. The fraction of sp³-hybridized carbons (Fsp3) is 0.417. The minimum absolute atomic E-state index is 0.0197. The van der Waals surface area contributed by atoms with Gasteiger partial charge in [0.1, 0.15) is 0 Å². The van der Waals surface area contributed by atoms with Gasteiger partial charge in [-0.05, 0) is 31.5 Å². The molecule has 1 N–H and O–H groups in total. The third kappa shape index (κ3) is 3.06. The topological polar surface area (TPSA) is 24.4 Å². The highest BCUT2D eigenvalue weighted by atomic mass is 19.4. The summed E-state index contributed by atoms with van der Waals surface area (Å²) >= 11 is 0. The summed E-state index contributed by atoms with van der Waals surface area (Å²) in [5.74, 6) is 0. The lowest BCUT2D eigenvalue weighted by Gasteiger charge is -2.09. The van der Waals surface area contributed by atoms with E-state index in [-0.39, 0.29) is 11.7 Å². The van der Waals surface area contributed by atoms with Gasteiger partial charge < -0.3 is 5.32 Å². The van der Waals surface area contributed by atoms with E-state index in [1.165, 1.54) is 12.1 Å². The van der Waals surface area contributed by atoms with Crippen LogP contribution in [0.1, 0.15) is 18.4 Å². The van der Waals surface area contributed by atoms with Crippen LogP contribution in [0.3, 0.4) is 0 Å². The molecule has 0 aromatic heterocycles. The second-order valence-electron chi connectivity index (χ2n) is 4.00. The number of rotatable bonds is 2. The number of hydrogen-bond donors (Lipinski definition) is 1. The van der Waals surface area contributed by atoms with E-state index in [1.807, 2.05) is 0 Å². The van der Waals surface area contributed by atoms with Crippen LogP contribution in [0.4, 0.5) is 18.9 Å². The number of para-hydroxylation sites is 1. The Morgan fingerprint density at radius 1 is 1.29 bits per heavy atom.